The zero-order valence-electron chi connectivity index (χ0n) is 14.3. The number of hydrogen-bond donors (Lipinski definition) is 2. The van der Waals surface area contributed by atoms with Gasteiger partial charge in [-0.3, -0.25) is 0 Å². The molecule has 0 aromatic carbocycles. The third-order valence-corrected chi connectivity index (χ3v) is 3.10. The van der Waals surface area contributed by atoms with Gasteiger partial charge in [-0.05, 0) is 18.8 Å². The molecule has 0 bridgehead atoms. The molecule has 0 spiro atoms. The van der Waals surface area contributed by atoms with Crippen molar-refractivity contribution in [2.24, 2.45) is 5.92 Å². The first-order chi connectivity index (χ1) is 10.6. The second-order valence-corrected chi connectivity index (χ2v) is 5.78. The number of nitrogens with one attached hydrogen (secondary N) is 1. The largest absolute Gasteiger partial charge is 0.476 e. The Labute approximate surface area is 133 Å². The normalized spacial score (nSPS) is 11.0. The molecule has 0 amide bonds. The lowest BCUT2D eigenvalue weighted by molar-refractivity contribution is 0.197. The van der Waals surface area contributed by atoms with Gasteiger partial charge in [-0.1, -0.05) is 27.2 Å². The minimum absolute atomic E-state index is 0.480. The smallest absolute Gasteiger partial charge is 0.242 e. The summed E-state index contributed by atoms with van der Waals surface area (Å²) in [5.41, 5.74) is 6.62. The van der Waals surface area contributed by atoms with E-state index in [0.717, 1.165) is 38.1 Å². The fourth-order valence-corrected chi connectivity index (χ4v) is 1.93. The Hall–Kier alpha value is -1.56. The molecule has 6 heteroatoms. The Morgan fingerprint density at radius 2 is 1.95 bits per heavy atom. The number of nitrogens with zero attached hydrogens (tertiary/aromatic N) is 2. The lowest BCUT2D eigenvalue weighted by Crippen LogP contribution is -2.13. The highest BCUT2D eigenvalue weighted by atomic mass is 16.5. The molecule has 0 saturated carbocycles. The van der Waals surface area contributed by atoms with Crippen LogP contribution in [0.15, 0.2) is 0 Å². The number of methoxy groups -OCH3 is 1. The zero-order valence-corrected chi connectivity index (χ0v) is 14.3. The van der Waals surface area contributed by atoms with Gasteiger partial charge in [0.05, 0.1) is 6.61 Å². The summed E-state index contributed by atoms with van der Waals surface area (Å²) in [6.07, 6.45) is 3.76. The molecule has 126 valence electrons. The third kappa shape index (κ3) is 6.47. The van der Waals surface area contributed by atoms with Crippen molar-refractivity contribution >= 4 is 11.5 Å². The summed E-state index contributed by atoms with van der Waals surface area (Å²) in [7, 11) is 1.69. The van der Waals surface area contributed by atoms with Gasteiger partial charge in [0.15, 0.2) is 5.82 Å². The van der Waals surface area contributed by atoms with Gasteiger partial charge in [0.1, 0.15) is 11.5 Å². The van der Waals surface area contributed by atoms with Crippen LogP contribution in [0, 0.1) is 5.92 Å². The average molecular weight is 310 g/mol. The summed E-state index contributed by atoms with van der Waals surface area (Å²) < 4.78 is 10.8. The van der Waals surface area contributed by atoms with E-state index in [1.807, 2.05) is 0 Å². The minimum atomic E-state index is 0.480. The molecule has 0 saturated heterocycles. The van der Waals surface area contributed by atoms with E-state index in [9.17, 15) is 0 Å². The number of anilines is 2. The van der Waals surface area contributed by atoms with Gasteiger partial charge >= 0.3 is 0 Å². The van der Waals surface area contributed by atoms with Crippen LogP contribution in [0.3, 0.4) is 0 Å². The Morgan fingerprint density at radius 1 is 1.18 bits per heavy atom. The molecule has 0 unspecified atom stereocenters. The predicted molar refractivity (Wildman–Crippen MR) is 90.4 cm³/mol. The first kappa shape index (κ1) is 18.5. The number of nitrogen functional groups attached to an aromatic ring is 1. The van der Waals surface area contributed by atoms with Gasteiger partial charge in [-0.25, -0.2) is 4.98 Å². The summed E-state index contributed by atoms with van der Waals surface area (Å²) in [6, 6.07) is 0. The first-order valence-corrected chi connectivity index (χ1v) is 8.10. The van der Waals surface area contributed by atoms with E-state index in [1.165, 1.54) is 0 Å². The van der Waals surface area contributed by atoms with Crippen molar-refractivity contribution in [1.82, 2.24) is 9.97 Å². The maximum Gasteiger partial charge on any atom is 0.242 e. The van der Waals surface area contributed by atoms with Crippen LogP contribution in [0.25, 0.3) is 0 Å². The Bertz CT molecular complexity index is 438. The van der Waals surface area contributed by atoms with E-state index >= 15 is 0 Å². The molecule has 0 fully saturated rings. The SMILES string of the molecule is CCCCOc1nc(CC(C)C)nc(NCCCOC)c1N. The highest BCUT2D eigenvalue weighted by Crippen LogP contribution is 2.27. The van der Waals surface area contributed by atoms with Crippen LogP contribution < -0.4 is 15.8 Å². The summed E-state index contributed by atoms with van der Waals surface area (Å²) in [5.74, 6) is 2.40. The predicted octanol–water partition coefficient (Wildman–Crippen LogP) is 2.88. The van der Waals surface area contributed by atoms with E-state index in [0.29, 0.717) is 36.5 Å². The minimum Gasteiger partial charge on any atom is -0.476 e. The molecule has 0 aliphatic rings. The van der Waals surface area contributed by atoms with Gasteiger partial charge < -0.3 is 20.5 Å². The molecule has 1 aromatic rings. The monoisotopic (exact) mass is 310 g/mol. The van der Waals surface area contributed by atoms with E-state index in [2.05, 4.69) is 36.1 Å². The lowest BCUT2D eigenvalue weighted by atomic mass is 10.1. The fourth-order valence-electron chi connectivity index (χ4n) is 1.93. The maximum absolute atomic E-state index is 6.14. The van der Waals surface area contributed by atoms with Crippen LogP contribution in [0.1, 0.15) is 45.9 Å². The van der Waals surface area contributed by atoms with Gasteiger partial charge in [0.2, 0.25) is 5.88 Å². The Balaban J connectivity index is 2.83. The second kappa shape index (κ2) is 10.2. The van der Waals surface area contributed by atoms with Crippen LogP contribution in [0.2, 0.25) is 0 Å². The lowest BCUT2D eigenvalue weighted by Gasteiger charge is -2.15. The van der Waals surface area contributed by atoms with E-state index in [1.54, 1.807) is 7.11 Å². The Morgan fingerprint density at radius 3 is 2.59 bits per heavy atom. The number of unbranched alkanes of at least 4 members (excludes halogenated alkanes) is 1. The molecule has 3 N–H and O–H groups in total. The summed E-state index contributed by atoms with van der Waals surface area (Å²) in [4.78, 5) is 9.00. The van der Waals surface area contributed by atoms with E-state index in [4.69, 9.17) is 15.2 Å². The number of nitrogens with two attached hydrogens (primary N) is 1. The molecular weight excluding hydrogens is 280 g/mol. The van der Waals surface area contributed by atoms with Crippen molar-refractivity contribution < 1.29 is 9.47 Å². The van der Waals surface area contributed by atoms with Gasteiger partial charge in [0, 0.05) is 26.7 Å². The van der Waals surface area contributed by atoms with Crippen molar-refractivity contribution in [1.29, 1.82) is 0 Å². The van der Waals surface area contributed by atoms with Crippen LogP contribution >= 0.6 is 0 Å². The standard InChI is InChI=1S/C16H30N4O2/c1-5-6-10-22-16-14(17)15(18-8-7-9-21-4)19-13(20-16)11-12(2)3/h12H,5-11,17H2,1-4H3,(H,18,19,20). The van der Waals surface area contributed by atoms with Crippen molar-refractivity contribution in [3.63, 3.8) is 0 Å². The summed E-state index contributed by atoms with van der Waals surface area (Å²) >= 11 is 0. The molecule has 22 heavy (non-hydrogen) atoms. The molecule has 6 nitrogen and oxygen atoms in total. The number of ether oxygens (including phenoxy) is 2. The third-order valence-electron chi connectivity index (χ3n) is 3.10. The average Bonchev–Trinajstić information content (AvgIpc) is 2.47. The molecule has 0 aliphatic carbocycles. The van der Waals surface area contributed by atoms with Crippen molar-refractivity contribution in [2.75, 3.05) is 37.9 Å². The maximum atomic E-state index is 6.14. The summed E-state index contributed by atoms with van der Waals surface area (Å²) in [6.45, 7) is 8.49. The quantitative estimate of drug-likeness (QED) is 0.612. The van der Waals surface area contributed by atoms with Crippen molar-refractivity contribution in [3.8, 4) is 5.88 Å². The molecular formula is C16H30N4O2. The summed E-state index contributed by atoms with van der Waals surface area (Å²) in [5, 5.41) is 3.26. The van der Waals surface area contributed by atoms with Gasteiger partial charge in [-0.15, -0.1) is 0 Å². The van der Waals surface area contributed by atoms with Crippen LogP contribution in [-0.2, 0) is 11.2 Å². The fraction of sp³-hybridized carbons (Fsp3) is 0.750. The van der Waals surface area contributed by atoms with Crippen LogP contribution in [-0.4, -0.2) is 36.8 Å². The van der Waals surface area contributed by atoms with E-state index in [-0.39, 0.29) is 0 Å². The van der Waals surface area contributed by atoms with Crippen molar-refractivity contribution in [2.45, 2.75) is 46.5 Å². The highest BCUT2D eigenvalue weighted by molar-refractivity contribution is 5.66. The Kier molecular flexibility index (Phi) is 8.58. The van der Waals surface area contributed by atoms with Gasteiger partial charge in [0.25, 0.3) is 0 Å². The van der Waals surface area contributed by atoms with Crippen LogP contribution in [0.5, 0.6) is 5.88 Å². The number of rotatable bonds is 11. The molecule has 1 heterocycles. The van der Waals surface area contributed by atoms with Crippen molar-refractivity contribution in [3.05, 3.63) is 5.82 Å². The molecule has 0 aliphatic heterocycles. The second-order valence-electron chi connectivity index (χ2n) is 5.78. The first-order valence-electron chi connectivity index (χ1n) is 8.10. The number of hydrogen-bond acceptors (Lipinski definition) is 6. The highest BCUT2D eigenvalue weighted by Gasteiger charge is 2.13. The molecule has 1 rings (SSSR count). The zero-order chi connectivity index (χ0) is 16.4. The van der Waals surface area contributed by atoms with E-state index < -0.39 is 0 Å². The molecule has 0 atom stereocenters. The molecule has 0 radical (unpaired) electrons. The van der Waals surface area contributed by atoms with Gasteiger partial charge in [-0.2, -0.15) is 4.98 Å². The topological polar surface area (TPSA) is 82.3 Å². The van der Waals surface area contributed by atoms with Crippen LogP contribution in [0.4, 0.5) is 11.5 Å². The number of aromatic nitrogens is 2. The molecule has 1 aromatic heterocycles.